The molecule has 5 heteroatoms. The standard InChI is InChI=1S/C20H23NO4/c1-2-5-16-6-3-4-7-19(16)25-14-18(22)13-21-17-10-8-15(9-11-17)12-20(23)24/h2-4,6-11,18,21-22H,1,5,12-14H2,(H,23,24). The van der Waals surface area contributed by atoms with Crippen LogP contribution in [0, 0.1) is 0 Å². The van der Waals surface area contributed by atoms with Gasteiger partial charge in [-0.25, -0.2) is 0 Å². The molecule has 0 spiro atoms. The number of aliphatic carboxylic acids is 1. The normalized spacial score (nSPS) is 11.6. The maximum atomic E-state index is 10.7. The van der Waals surface area contributed by atoms with Gasteiger partial charge in [-0.2, -0.15) is 0 Å². The Balaban J connectivity index is 1.80. The maximum Gasteiger partial charge on any atom is 0.307 e. The number of hydrogen-bond acceptors (Lipinski definition) is 4. The maximum absolute atomic E-state index is 10.7. The molecule has 2 rings (SSSR count). The first-order chi connectivity index (χ1) is 12.1. The molecule has 5 nitrogen and oxygen atoms in total. The Morgan fingerprint density at radius 1 is 1.20 bits per heavy atom. The highest BCUT2D eigenvalue weighted by atomic mass is 16.5. The minimum absolute atomic E-state index is 0.000856. The Morgan fingerprint density at radius 3 is 2.60 bits per heavy atom. The summed E-state index contributed by atoms with van der Waals surface area (Å²) in [6.07, 6.45) is 1.86. The summed E-state index contributed by atoms with van der Waals surface area (Å²) < 4.78 is 5.70. The first-order valence-electron chi connectivity index (χ1n) is 8.12. The van der Waals surface area contributed by atoms with E-state index in [1.54, 1.807) is 24.3 Å². The molecule has 0 aromatic heterocycles. The van der Waals surface area contributed by atoms with Crippen molar-refractivity contribution in [3.05, 3.63) is 72.3 Å². The number of benzene rings is 2. The lowest BCUT2D eigenvalue weighted by Crippen LogP contribution is -2.26. The van der Waals surface area contributed by atoms with Crippen LogP contribution < -0.4 is 10.1 Å². The summed E-state index contributed by atoms with van der Waals surface area (Å²) in [6.45, 7) is 4.24. The zero-order chi connectivity index (χ0) is 18.1. The van der Waals surface area contributed by atoms with Gasteiger partial charge in [0.2, 0.25) is 0 Å². The van der Waals surface area contributed by atoms with Crippen LogP contribution in [0.4, 0.5) is 5.69 Å². The number of rotatable bonds is 10. The molecule has 1 atom stereocenters. The molecule has 2 aromatic carbocycles. The van der Waals surface area contributed by atoms with E-state index in [1.807, 2.05) is 30.3 Å². The summed E-state index contributed by atoms with van der Waals surface area (Å²) in [5.74, 6) is -0.107. The molecule has 0 aliphatic rings. The van der Waals surface area contributed by atoms with Gasteiger partial charge in [0.25, 0.3) is 0 Å². The third-order valence-electron chi connectivity index (χ3n) is 3.62. The minimum Gasteiger partial charge on any atom is -0.491 e. The molecular formula is C20H23NO4. The predicted octanol–water partition coefficient (Wildman–Crippen LogP) is 2.89. The van der Waals surface area contributed by atoms with E-state index < -0.39 is 12.1 Å². The number of aliphatic hydroxyl groups excluding tert-OH is 1. The number of carboxylic acid groups (broad SMARTS) is 1. The SMILES string of the molecule is C=CCc1ccccc1OCC(O)CNc1ccc(CC(=O)O)cc1. The van der Waals surface area contributed by atoms with Gasteiger partial charge >= 0.3 is 5.97 Å². The largest absolute Gasteiger partial charge is 0.491 e. The second kappa shape index (κ2) is 9.49. The molecule has 0 amide bonds. The molecular weight excluding hydrogens is 318 g/mol. The van der Waals surface area contributed by atoms with Gasteiger partial charge in [0.1, 0.15) is 18.5 Å². The van der Waals surface area contributed by atoms with Crippen molar-refractivity contribution < 1.29 is 19.7 Å². The fourth-order valence-corrected chi connectivity index (χ4v) is 2.36. The molecule has 0 saturated carbocycles. The smallest absolute Gasteiger partial charge is 0.307 e. The third kappa shape index (κ3) is 6.31. The van der Waals surface area contributed by atoms with Gasteiger partial charge in [-0.05, 0) is 35.7 Å². The molecule has 132 valence electrons. The molecule has 0 aliphatic heterocycles. The zero-order valence-electron chi connectivity index (χ0n) is 14.0. The van der Waals surface area contributed by atoms with E-state index >= 15 is 0 Å². The highest BCUT2D eigenvalue weighted by Crippen LogP contribution is 2.19. The second-order valence-electron chi connectivity index (χ2n) is 5.71. The van der Waals surface area contributed by atoms with Gasteiger partial charge in [0.05, 0.1) is 6.42 Å². The minimum atomic E-state index is -0.856. The van der Waals surface area contributed by atoms with Crippen molar-refractivity contribution in [3.63, 3.8) is 0 Å². The van der Waals surface area contributed by atoms with Crippen LogP contribution in [0.1, 0.15) is 11.1 Å². The Morgan fingerprint density at radius 2 is 1.92 bits per heavy atom. The average Bonchev–Trinajstić information content (AvgIpc) is 2.60. The summed E-state index contributed by atoms with van der Waals surface area (Å²) in [5, 5.41) is 21.9. The molecule has 0 aliphatic carbocycles. The fraction of sp³-hybridized carbons (Fsp3) is 0.250. The zero-order valence-corrected chi connectivity index (χ0v) is 14.0. The van der Waals surface area contributed by atoms with Crippen LogP contribution in [0.5, 0.6) is 5.75 Å². The van der Waals surface area contributed by atoms with Crippen molar-refractivity contribution in [2.75, 3.05) is 18.5 Å². The van der Waals surface area contributed by atoms with E-state index in [2.05, 4.69) is 11.9 Å². The van der Waals surface area contributed by atoms with Crippen LogP contribution in [0.2, 0.25) is 0 Å². The lowest BCUT2D eigenvalue weighted by atomic mass is 10.1. The summed E-state index contributed by atoms with van der Waals surface area (Å²) >= 11 is 0. The van der Waals surface area contributed by atoms with Gasteiger partial charge < -0.3 is 20.3 Å². The van der Waals surface area contributed by atoms with E-state index in [4.69, 9.17) is 9.84 Å². The fourth-order valence-electron chi connectivity index (χ4n) is 2.36. The number of anilines is 1. The molecule has 0 heterocycles. The van der Waals surface area contributed by atoms with E-state index in [1.165, 1.54) is 0 Å². The number of hydrogen-bond donors (Lipinski definition) is 3. The molecule has 0 radical (unpaired) electrons. The van der Waals surface area contributed by atoms with Gasteiger partial charge in [0, 0.05) is 12.2 Å². The summed E-state index contributed by atoms with van der Waals surface area (Å²) in [6, 6.07) is 14.8. The average molecular weight is 341 g/mol. The Bertz CT molecular complexity index is 697. The van der Waals surface area contributed by atoms with Crippen LogP contribution >= 0.6 is 0 Å². The van der Waals surface area contributed by atoms with Crippen molar-refractivity contribution in [1.29, 1.82) is 0 Å². The molecule has 2 aromatic rings. The number of allylic oxidation sites excluding steroid dienone is 1. The number of carboxylic acids is 1. The molecule has 25 heavy (non-hydrogen) atoms. The van der Waals surface area contributed by atoms with Crippen LogP contribution in [0.15, 0.2) is 61.2 Å². The molecule has 3 N–H and O–H groups in total. The van der Waals surface area contributed by atoms with Crippen molar-refractivity contribution in [2.45, 2.75) is 18.9 Å². The highest BCUT2D eigenvalue weighted by molar-refractivity contribution is 5.70. The first kappa shape index (κ1) is 18.5. The molecule has 0 bridgehead atoms. The van der Waals surface area contributed by atoms with E-state index in [-0.39, 0.29) is 13.0 Å². The van der Waals surface area contributed by atoms with Gasteiger partial charge in [-0.15, -0.1) is 6.58 Å². The van der Waals surface area contributed by atoms with Crippen molar-refractivity contribution in [3.8, 4) is 5.75 Å². The van der Waals surface area contributed by atoms with Crippen LogP contribution in [-0.2, 0) is 17.6 Å². The molecule has 0 fully saturated rings. The van der Waals surface area contributed by atoms with Gasteiger partial charge in [-0.1, -0.05) is 36.4 Å². The number of nitrogens with one attached hydrogen (secondary N) is 1. The topological polar surface area (TPSA) is 78.8 Å². The van der Waals surface area contributed by atoms with Crippen molar-refractivity contribution in [1.82, 2.24) is 0 Å². The lowest BCUT2D eigenvalue weighted by Gasteiger charge is -2.16. The van der Waals surface area contributed by atoms with E-state index in [9.17, 15) is 9.90 Å². The number of aliphatic hydroxyl groups is 1. The van der Waals surface area contributed by atoms with Gasteiger partial charge in [-0.3, -0.25) is 4.79 Å². The van der Waals surface area contributed by atoms with Crippen LogP contribution in [-0.4, -0.2) is 35.4 Å². The lowest BCUT2D eigenvalue weighted by molar-refractivity contribution is -0.136. The van der Waals surface area contributed by atoms with Crippen LogP contribution in [0.3, 0.4) is 0 Å². The quantitative estimate of drug-likeness (QED) is 0.579. The predicted molar refractivity (Wildman–Crippen MR) is 98.1 cm³/mol. The summed E-state index contributed by atoms with van der Waals surface area (Å²) in [4.78, 5) is 10.7. The molecule has 0 saturated heterocycles. The van der Waals surface area contributed by atoms with Gasteiger partial charge in [0.15, 0.2) is 0 Å². The van der Waals surface area contributed by atoms with Crippen molar-refractivity contribution >= 4 is 11.7 Å². The summed E-state index contributed by atoms with van der Waals surface area (Å²) in [7, 11) is 0. The monoisotopic (exact) mass is 341 g/mol. The van der Waals surface area contributed by atoms with E-state index in [0.717, 1.165) is 22.6 Å². The first-order valence-corrected chi connectivity index (χ1v) is 8.12. The molecule has 1 unspecified atom stereocenters. The number of carbonyl (C=O) groups is 1. The highest BCUT2D eigenvalue weighted by Gasteiger charge is 2.08. The van der Waals surface area contributed by atoms with E-state index in [0.29, 0.717) is 13.0 Å². The van der Waals surface area contributed by atoms with Crippen molar-refractivity contribution in [2.24, 2.45) is 0 Å². The Kier molecular flexibility index (Phi) is 7.04. The Hall–Kier alpha value is -2.79. The van der Waals surface area contributed by atoms with Crippen LogP contribution in [0.25, 0.3) is 0 Å². The Labute approximate surface area is 147 Å². The summed E-state index contributed by atoms with van der Waals surface area (Å²) in [5.41, 5.74) is 2.59. The second-order valence-corrected chi connectivity index (χ2v) is 5.71. The third-order valence-corrected chi connectivity index (χ3v) is 3.62. The number of para-hydroxylation sites is 1. The number of ether oxygens (including phenoxy) is 1.